The van der Waals surface area contributed by atoms with E-state index in [1.54, 1.807) is 18.2 Å². The van der Waals surface area contributed by atoms with Crippen LogP contribution in [0.4, 0.5) is 10.1 Å². The van der Waals surface area contributed by atoms with Gasteiger partial charge in [-0.1, -0.05) is 32.4 Å². The van der Waals surface area contributed by atoms with Crippen molar-refractivity contribution in [2.45, 2.75) is 26.7 Å². The molecule has 0 aliphatic rings. The molecular formula is C12H16FNO. The van der Waals surface area contributed by atoms with Crippen LogP contribution in [0.1, 0.15) is 26.7 Å². The van der Waals surface area contributed by atoms with Gasteiger partial charge in [-0.2, -0.15) is 0 Å². The number of hydrogen-bond acceptors (Lipinski definition) is 1. The molecule has 1 N–H and O–H groups in total. The Bertz CT molecular complexity index is 338. The van der Waals surface area contributed by atoms with Crippen molar-refractivity contribution in [2.75, 3.05) is 5.32 Å². The molecule has 0 radical (unpaired) electrons. The lowest BCUT2D eigenvalue weighted by Gasteiger charge is -2.11. The van der Waals surface area contributed by atoms with Crippen LogP contribution in [0, 0.1) is 11.7 Å². The number of carbonyl (C=O) groups excluding carboxylic acids is 1. The molecule has 0 aliphatic heterocycles. The minimum atomic E-state index is -0.394. The van der Waals surface area contributed by atoms with E-state index in [1.165, 1.54) is 6.07 Å². The number of para-hydroxylation sites is 1. The van der Waals surface area contributed by atoms with Crippen LogP contribution in [-0.4, -0.2) is 5.91 Å². The number of anilines is 1. The van der Waals surface area contributed by atoms with Crippen molar-refractivity contribution < 1.29 is 9.18 Å². The van der Waals surface area contributed by atoms with Gasteiger partial charge in [0.1, 0.15) is 5.82 Å². The monoisotopic (exact) mass is 209 g/mol. The number of benzene rings is 1. The summed E-state index contributed by atoms with van der Waals surface area (Å²) in [5.74, 6) is -0.592. The number of halogens is 1. The first-order chi connectivity index (χ1) is 7.15. The van der Waals surface area contributed by atoms with Gasteiger partial charge in [-0.25, -0.2) is 4.39 Å². The molecule has 1 atom stereocenters. The second-order valence-corrected chi connectivity index (χ2v) is 3.66. The molecule has 1 amide bonds. The minimum absolute atomic E-state index is 0.0744. The Morgan fingerprint density at radius 1 is 1.47 bits per heavy atom. The summed E-state index contributed by atoms with van der Waals surface area (Å²) in [7, 11) is 0. The topological polar surface area (TPSA) is 29.1 Å². The molecule has 1 aromatic carbocycles. The Labute approximate surface area is 89.5 Å². The molecule has 15 heavy (non-hydrogen) atoms. The van der Waals surface area contributed by atoms with Crippen LogP contribution in [0.5, 0.6) is 0 Å². The van der Waals surface area contributed by atoms with Crippen molar-refractivity contribution in [2.24, 2.45) is 5.92 Å². The van der Waals surface area contributed by atoms with E-state index in [9.17, 15) is 9.18 Å². The highest BCUT2D eigenvalue weighted by atomic mass is 19.1. The van der Waals surface area contributed by atoms with Crippen LogP contribution in [0.2, 0.25) is 0 Å². The average Bonchev–Trinajstić information content (AvgIpc) is 2.21. The summed E-state index contributed by atoms with van der Waals surface area (Å²) in [6, 6.07) is 6.19. The fourth-order valence-corrected chi connectivity index (χ4v) is 1.38. The van der Waals surface area contributed by atoms with Gasteiger partial charge in [0.2, 0.25) is 5.91 Å². The predicted octanol–water partition coefficient (Wildman–Crippen LogP) is 3.20. The number of rotatable bonds is 4. The Morgan fingerprint density at radius 3 is 2.73 bits per heavy atom. The normalized spacial score (nSPS) is 12.2. The summed E-state index contributed by atoms with van der Waals surface area (Å²) >= 11 is 0. The maximum absolute atomic E-state index is 13.2. The molecule has 0 spiro atoms. The molecule has 0 aromatic heterocycles. The van der Waals surface area contributed by atoms with Gasteiger partial charge >= 0.3 is 0 Å². The first-order valence-electron chi connectivity index (χ1n) is 5.20. The summed E-state index contributed by atoms with van der Waals surface area (Å²) in [6.07, 6.45) is 1.77. The van der Waals surface area contributed by atoms with Crippen molar-refractivity contribution in [1.82, 2.24) is 0 Å². The first kappa shape index (κ1) is 11.7. The van der Waals surface area contributed by atoms with Crippen molar-refractivity contribution in [3.05, 3.63) is 30.1 Å². The fraction of sp³-hybridized carbons (Fsp3) is 0.417. The molecule has 1 rings (SSSR count). The molecule has 0 aliphatic carbocycles. The van der Waals surface area contributed by atoms with E-state index >= 15 is 0 Å². The van der Waals surface area contributed by atoms with Crippen molar-refractivity contribution >= 4 is 11.6 Å². The molecule has 0 unspecified atom stereocenters. The summed E-state index contributed by atoms with van der Waals surface area (Å²) in [5, 5.41) is 2.58. The van der Waals surface area contributed by atoms with E-state index in [0.717, 1.165) is 12.8 Å². The third-order valence-electron chi connectivity index (χ3n) is 2.30. The largest absolute Gasteiger partial charge is 0.323 e. The number of amides is 1. The molecule has 1 aromatic rings. The highest BCUT2D eigenvalue weighted by Crippen LogP contribution is 2.15. The van der Waals surface area contributed by atoms with Crippen LogP contribution in [0.3, 0.4) is 0 Å². The first-order valence-corrected chi connectivity index (χ1v) is 5.20. The van der Waals surface area contributed by atoms with Gasteiger partial charge in [-0.15, -0.1) is 0 Å². The van der Waals surface area contributed by atoms with E-state index in [1.807, 2.05) is 13.8 Å². The van der Waals surface area contributed by atoms with Crippen molar-refractivity contribution in [3.8, 4) is 0 Å². The van der Waals surface area contributed by atoms with Gasteiger partial charge in [-0.3, -0.25) is 4.79 Å². The zero-order valence-corrected chi connectivity index (χ0v) is 9.09. The highest BCUT2D eigenvalue weighted by Gasteiger charge is 2.13. The molecule has 0 saturated heterocycles. The molecule has 0 fully saturated rings. The maximum atomic E-state index is 13.2. The van der Waals surface area contributed by atoms with Gasteiger partial charge < -0.3 is 5.32 Å². The van der Waals surface area contributed by atoms with Crippen molar-refractivity contribution in [1.29, 1.82) is 0 Å². The highest BCUT2D eigenvalue weighted by molar-refractivity contribution is 5.92. The Hall–Kier alpha value is -1.38. The third kappa shape index (κ3) is 3.35. The lowest BCUT2D eigenvalue weighted by molar-refractivity contribution is -0.119. The fourth-order valence-electron chi connectivity index (χ4n) is 1.38. The van der Waals surface area contributed by atoms with Gasteiger partial charge in [0.25, 0.3) is 0 Å². The van der Waals surface area contributed by atoms with Gasteiger partial charge in [0, 0.05) is 5.92 Å². The molecule has 0 bridgehead atoms. The minimum Gasteiger partial charge on any atom is -0.323 e. The molecule has 2 nitrogen and oxygen atoms in total. The van der Waals surface area contributed by atoms with Crippen LogP contribution < -0.4 is 5.32 Å². The van der Waals surface area contributed by atoms with E-state index in [4.69, 9.17) is 0 Å². The van der Waals surface area contributed by atoms with Gasteiger partial charge in [0.15, 0.2) is 0 Å². The second-order valence-electron chi connectivity index (χ2n) is 3.66. The standard InChI is InChI=1S/C12H16FNO/c1-3-6-9(2)12(15)14-11-8-5-4-7-10(11)13/h4-5,7-9H,3,6H2,1-2H3,(H,14,15)/t9-/m0/s1. The van der Waals surface area contributed by atoms with Gasteiger partial charge in [0.05, 0.1) is 5.69 Å². The molecule has 3 heteroatoms. The van der Waals surface area contributed by atoms with E-state index in [0.29, 0.717) is 0 Å². The van der Waals surface area contributed by atoms with Gasteiger partial charge in [-0.05, 0) is 18.6 Å². The maximum Gasteiger partial charge on any atom is 0.227 e. The molecule has 82 valence electrons. The predicted molar refractivity (Wildman–Crippen MR) is 59.1 cm³/mol. The number of hydrogen-bond donors (Lipinski definition) is 1. The summed E-state index contributed by atoms with van der Waals surface area (Å²) in [4.78, 5) is 11.6. The van der Waals surface area contributed by atoms with Crippen molar-refractivity contribution in [3.63, 3.8) is 0 Å². The molecule has 0 saturated carbocycles. The number of nitrogens with one attached hydrogen (secondary N) is 1. The Morgan fingerprint density at radius 2 is 2.13 bits per heavy atom. The number of carbonyl (C=O) groups is 1. The second kappa shape index (κ2) is 5.49. The smallest absolute Gasteiger partial charge is 0.227 e. The van der Waals surface area contributed by atoms with E-state index in [2.05, 4.69) is 5.32 Å². The third-order valence-corrected chi connectivity index (χ3v) is 2.30. The summed E-state index contributed by atoms with van der Waals surface area (Å²) in [5.41, 5.74) is 0.255. The van der Waals surface area contributed by atoms with Crippen LogP contribution in [0.15, 0.2) is 24.3 Å². The zero-order valence-electron chi connectivity index (χ0n) is 9.09. The summed E-state index contributed by atoms with van der Waals surface area (Å²) in [6.45, 7) is 3.87. The van der Waals surface area contributed by atoms with E-state index < -0.39 is 5.82 Å². The van der Waals surface area contributed by atoms with E-state index in [-0.39, 0.29) is 17.5 Å². The SMILES string of the molecule is CCC[C@H](C)C(=O)Nc1ccccc1F. The lowest BCUT2D eigenvalue weighted by Crippen LogP contribution is -2.20. The van der Waals surface area contributed by atoms with Crippen LogP contribution >= 0.6 is 0 Å². The molecular weight excluding hydrogens is 193 g/mol. The quantitative estimate of drug-likeness (QED) is 0.810. The van der Waals surface area contributed by atoms with Crippen LogP contribution in [0.25, 0.3) is 0 Å². The average molecular weight is 209 g/mol. The van der Waals surface area contributed by atoms with Crippen LogP contribution in [-0.2, 0) is 4.79 Å². The zero-order chi connectivity index (χ0) is 11.3. The summed E-state index contributed by atoms with van der Waals surface area (Å²) < 4.78 is 13.2. The molecule has 0 heterocycles. The Kier molecular flexibility index (Phi) is 4.28. The Balaban J connectivity index is 2.62. The lowest BCUT2D eigenvalue weighted by atomic mass is 10.1.